The fourth-order valence-corrected chi connectivity index (χ4v) is 3.28. The number of amides is 4. The molecule has 1 aliphatic heterocycles. The number of rotatable bonds is 5. The smallest absolute Gasteiger partial charge is 0.269 e. The molecule has 0 aromatic heterocycles. The molecule has 0 bridgehead atoms. The predicted octanol–water partition coefficient (Wildman–Crippen LogP) is 1.62. The summed E-state index contributed by atoms with van der Waals surface area (Å²) >= 11 is 0. The highest BCUT2D eigenvalue weighted by molar-refractivity contribution is 5.99. The van der Waals surface area contributed by atoms with E-state index in [4.69, 9.17) is 0 Å². The van der Waals surface area contributed by atoms with E-state index >= 15 is 0 Å². The number of carbonyl (C=O) groups excluding carboxylic acids is 4. The van der Waals surface area contributed by atoms with E-state index in [1.807, 2.05) is 26.0 Å². The Morgan fingerprint density at radius 3 is 2.33 bits per heavy atom. The highest BCUT2D eigenvalue weighted by Crippen LogP contribution is 2.21. The molecule has 0 spiro atoms. The summed E-state index contributed by atoms with van der Waals surface area (Å²) in [6.45, 7) is 4.13. The zero-order chi connectivity index (χ0) is 21.7. The Hall–Kier alpha value is -3.68. The van der Waals surface area contributed by atoms with Crippen LogP contribution in [0.2, 0.25) is 0 Å². The van der Waals surface area contributed by atoms with E-state index in [1.54, 1.807) is 35.2 Å². The third-order valence-electron chi connectivity index (χ3n) is 4.87. The molecule has 8 nitrogen and oxygen atoms in total. The monoisotopic (exact) mass is 408 g/mol. The standard InChI is InChI=1S/C22H24N4O4/c1-14-5-10-18(15(2)12-14)22(30)25-24-19(27)13-23-21(29)16-6-8-17(9-7-16)26-11-3-4-20(26)28/h5-10,12H,3-4,11,13H2,1-2H3,(H,23,29)(H,24,27)(H,25,30). The van der Waals surface area contributed by atoms with Gasteiger partial charge in [0, 0.05) is 29.8 Å². The lowest BCUT2D eigenvalue weighted by Gasteiger charge is -2.15. The summed E-state index contributed by atoms with van der Waals surface area (Å²) in [4.78, 5) is 49.8. The van der Waals surface area contributed by atoms with E-state index in [1.165, 1.54) is 0 Å². The summed E-state index contributed by atoms with van der Waals surface area (Å²) in [5.41, 5.74) is 8.04. The summed E-state index contributed by atoms with van der Waals surface area (Å²) in [7, 11) is 0. The number of hydrogen-bond acceptors (Lipinski definition) is 4. The minimum atomic E-state index is -0.555. The molecule has 1 saturated heterocycles. The molecule has 156 valence electrons. The number of hydrogen-bond donors (Lipinski definition) is 3. The van der Waals surface area contributed by atoms with Crippen LogP contribution >= 0.6 is 0 Å². The van der Waals surface area contributed by atoms with Crippen LogP contribution in [0.1, 0.15) is 44.7 Å². The van der Waals surface area contributed by atoms with Crippen molar-refractivity contribution >= 4 is 29.3 Å². The van der Waals surface area contributed by atoms with Crippen molar-refractivity contribution in [1.29, 1.82) is 0 Å². The zero-order valence-corrected chi connectivity index (χ0v) is 17.0. The highest BCUT2D eigenvalue weighted by atomic mass is 16.2. The van der Waals surface area contributed by atoms with E-state index < -0.39 is 17.7 Å². The predicted molar refractivity (Wildman–Crippen MR) is 112 cm³/mol. The summed E-state index contributed by atoms with van der Waals surface area (Å²) < 4.78 is 0. The second kappa shape index (κ2) is 9.21. The van der Waals surface area contributed by atoms with Crippen LogP contribution in [0.25, 0.3) is 0 Å². The Kier molecular flexibility index (Phi) is 6.46. The molecule has 0 aliphatic carbocycles. The molecule has 3 N–H and O–H groups in total. The number of anilines is 1. The summed E-state index contributed by atoms with van der Waals surface area (Å²) in [5, 5.41) is 2.50. The lowest BCUT2D eigenvalue weighted by molar-refractivity contribution is -0.121. The SMILES string of the molecule is Cc1ccc(C(=O)NNC(=O)CNC(=O)c2ccc(N3CCCC3=O)cc2)c(C)c1. The third kappa shape index (κ3) is 5.02. The first kappa shape index (κ1) is 21.0. The van der Waals surface area contributed by atoms with Gasteiger partial charge in [-0.2, -0.15) is 0 Å². The first-order chi connectivity index (χ1) is 14.3. The second-order valence-electron chi connectivity index (χ2n) is 7.20. The van der Waals surface area contributed by atoms with Crippen molar-refractivity contribution in [3.8, 4) is 0 Å². The van der Waals surface area contributed by atoms with E-state index in [-0.39, 0.29) is 12.5 Å². The normalized spacial score (nSPS) is 13.1. The van der Waals surface area contributed by atoms with Crippen LogP contribution in [-0.4, -0.2) is 36.7 Å². The molecule has 1 aliphatic rings. The fourth-order valence-electron chi connectivity index (χ4n) is 3.28. The topological polar surface area (TPSA) is 108 Å². The van der Waals surface area contributed by atoms with Crippen LogP contribution in [0.15, 0.2) is 42.5 Å². The van der Waals surface area contributed by atoms with Gasteiger partial charge in [0.15, 0.2) is 0 Å². The molecule has 0 atom stereocenters. The molecule has 0 saturated carbocycles. The number of nitrogens with one attached hydrogen (secondary N) is 3. The van der Waals surface area contributed by atoms with Gasteiger partial charge in [0.05, 0.1) is 6.54 Å². The van der Waals surface area contributed by atoms with Crippen LogP contribution in [0.3, 0.4) is 0 Å². The van der Waals surface area contributed by atoms with E-state index in [2.05, 4.69) is 16.2 Å². The minimum absolute atomic E-state index is 0.0757. The maximum Gasteiger partial charge on any atom is 0.269 e. The van der Waals surface area contributed by atoms with Crippen molar-refractivity contribution in [2.45, 2.75) is 26.7 Å². The Labute approximate surface area is 174 Å². The van der Waals surface area contributed by atoms with Crippen LogP contribution in [0, 0.1) is 13.8 Å². The quantitative estimate of drug-likeness (QED) is 0.654. The largest absolute Gasteiger partial charge is 0.343 e. The molecular formula is C22H24N4O4. The molecular weight excluding hydrogens is 384 g/mol. The molecule has 2 aromatic carbocycles. The van der Waals surface area contributed by atoms with Gasteiger partial charge in [-0.15, -0.1) is 0 Å². The summed E-state index contributed by atoms with van der Waals surface area (Å²) in [5.74, 6) is -1.34. The molecule has 3 rings (SSSR count). The van der Waals surface area contributed by atoms with Crippen LogP contribution < -0.4 is 21.1 Å². The highest BCUT2D eigenvalue weighted by Gasteiger charge is 2.21. The van der Waals surface area contributed by atoms with Gasteiger partial charge in [0.2, 0.25) is 5.91 Å². The van der Waals surface area contributed by atoms with Gasteiger partial charge in [-0.3, -0.25) is 30.0 Å². The van der Waals surface area contributed by atoms with E-state index in [9.17, 15) is 19.2 Å². The van der Waals surface area contributed by atoms with Gasteiger partial charge in [0.1, 0.15) is 0 Å². The van der Waals surface area contributed by atoms with Crippen molar-refractivity contribution in [3.05, 3.63) is 64.7 Å². The van der Waals surface area contributed by atoms with Gasteiger partial charge < -0.3 is 10.2 Å². The lowest BCUT2D eigenvalue weighted by atomic mass is 10.1. The number of carbonyl (C=O) groups is 4. The van der Waals surface area contributed by atoms with Crippen molar-refractivity contribution < 1.29 is 19.2 Å². The van der Waals surface area contributed by atoms with Gasteiger partial charge in [-0.1, -0.05) is 17.7 Å². The second-order valence-corrected chi connectivity index (χ2v) is 7.20. The van der Waals surface area contributed by atoms with E-state index in [0.717, 1.165) is 23.2 Å². The Bertz CT molecular complexity index is 985. The molecule has 30 heavy (non-hydrogen) atoms. The number of nitrogens with zero attached hydrogens (tertiary/aromatic N) is 1. The molecule has 0 radical (unpaired) electrons. The van der Waals surface area contributed by atoms with Gasteiger partial charge in [0.25, 0.3) is 17.7 Å². The van der Waals surface area contributed by atoms with Crippen molar-refractivity contribution in [2.75, 3.05) is 18.0 Å². The van der Waals surface area contributed by atoms with Crippen LogP contribution in [0.4, 0.5) is 5.69 Å². The van der Waals surface area contributed by atoms with E-state index in [0.29, 0.717) is 24.1 Å². The first-order valence-corrected chi connectivity index (χ1v) is 9.70. The molecule has 1 heterocycles. The van der Waals surface area contributed by atoms with Crippen molar-refractivity contribution in [3.63, 3.8) is 0 Å². The zero-order valence-electron chi connectivity index (χ0n) is 17.0. The fraction of sp³-hybridized carbons (Fsp3) is 0.273. The van der Waals surface area contributed by atoms with Crippen LogP contribution in [-0.2, 0) is 9.59 Å². The van der Waals surface area contributed by atoms with Crippen LogP contribution in [0.5, 0.6) is 0 Å². The molecule has 0 unspecified atom stereocenters. The molecule has 2 aromatic rings. The average Bonchev–Trinajstić information content (AvgIpc) is 3.16. The third-order valence-corrected chi connectivity index (χ3v) is 4.87. The Morgan fingerprint density at radius 2 is 1.70 bits per heavy atom. The maximum atomic E-state index is 12.2. The molecule has 1 fully saturated rings. The molecule has 4 amide bonds. The minimum Gasteiger partial charge on any atom is -0.343 e. The van der Waals surface area contributed by atoms with Gasteiger partial charge in [-0.05, 0) is 56.2 Å². The maximum absolute atomic E-state index is 12.2. The summed E-state index contributed by atoms with van der Waals surface area (Å²) in [6.07, 6.45) is 1.37. The first-order valence-electron chi connectivity index (χ1n) is 9.70. The van der Waals surface area contributed by atoms with Crippen molar-refractivity contribution in [1.82, 2.24) is 16.2 Å². The van der Waals surface area contributed by atoms with Gasteiger partial charge >= 0.3 is 0 Å². The van der Waals surface area contributed by atoms with Crippen molar-refractivity contribution in [2.24, 2.45) is 0 Å². The average molecular weight is 408 g/mol. The Morgan fingerprint density at radius 1 is 0.967 bits per heavy atom. The molecule has 8 heteroatoms. The number of hydrazine groups is 1. The lowest BCUT2D eigenvalue weighted by Crippen LogP contribution is -2.46. The number of benzene rings is 2. The Balaban J connectivity index is 1.46. The van der Waals surface area contributed by atoms with Gasteiger partial charge in [-0.25, -0.2) is 0 Å². The number of aryl methyl sites for hydroxylation is 2. The summed E-state index contributed by atoms with van der Waals surface area (Å²) in [6, 6.07) is 12.0.